The lowest BCUT2D eigenvalue weighted by molar-refractivity contribution is 0.425. The summed E-state index contributed by atoms with van der Waals surface area (Å²) in [7, 11) is -6.65. The zero-order valence-electron chi connectivity index (χ0n) is 18.3. The molecule has 0 fully saturated rings. The second-order valence-electron chi connectivity index (χ2n) is 7.98. The van der Waals surface area contributed by atoms with Crippen molar-refractivity contribution >= 4 is 30.9 Å². The normalized spacial score (nSPS) is 25.4. The van der Waals surface area contributed by atoms with E-state index in [9.17, 15) is 9.13 Å². The van der Waals surface area contributed by atoms with Crippen LogP contribution in [0.3, 0.4) is 0 Å². The van der Waals surface area contributed by atoms with Crippen LogP contribution in [-0.4, -0.2) is 12.3 Å². The molecule has 2 aliphatic rings. The maximum Gasteiger partial charge on any atom is 0.278 e. The molecule has 0 spiro atoms. The van der Waals surface area contributed by atoms with Gasteiger partial charge in [-0.2, -0.15) is 0 Å². The molecule has 33 heavy (non-hydrogen) atoms. The minimum Gasteiger partial charge on any atom is -0.439 e. The van der Waals surface area contributed by atoms with Crippen LogP contribution in [0.25, 0.3) is 16.7 Å². The lowest BCUT2D eigenvalue weighted by atomic mass is 10.0. The van der Waals surface area contributed by atoms with Gasteiger partial charge in [0.25, 0.3) is 14.7 Å². The Bertz CT molecular complexity index is 1420. The maximum atomic E-state index is 14.2. The fraction of sp³-hybridized carbons (Fsp3) is 0.111. The van der Waals surface area contributed by atoms with Crippen LogP contribution in [0.15, 0.2) is 103 Å². The van der Waals surface area contributed by atoms with Gasteiger partial charge < -0.3 is 9.05 Å². The number of fused-ring (bicyclic) bond motifs is 4. The Labute approximate surface area is 194 Å². The van der Waals surface area contributed by atoms with Crippen LogP contribution in [0.2, 0.25) is 0 Å². The lowest BCUT2D eigenvalue weighted by Gasteiger charge is -2.33. The Hall–Kier alpha value is -3.06. The average Bonchev–Trinajstić information content (AvgIpc) is 2.85. The van der Waals surface area contributed by atoms with E-state index in [0.717, 1.165) is 22.3 Å². The van der Waals surface area contributed by atoms with Crippen molar-refractivity contribution in [2.24, 2.45) is 0 Å². The Kier molecular flexibility index (Phi) is 5.52. The van der Waals surface area contributed by atoms with Gasteiger partial charge in [-0.3, -0.25) is 9.13 Å². The molecule has 0 aliphatic carbocycles. The quantitative estimate of drug-likeness (QED) is 0.392. The molecule has 6 heteroatoms. The van der Waals surface area contributed by atoms with Crippen molar-refractivity contribution in [3.05, 3.63) is 109 Å². The molecule has 0 saturated heterocycles. The van der Waals surface area contributed by atoms with Crippen LogP contribution >= 0.6 is 14.7 Å². The molecule has 0 aromatic heterocycles. The number of para-hydroxylation sites is 1. The van der Waals surface area contributed by atoms with E-state index in [1.165, 1.54) is 0 Å². The highest BCUT2D eigenvalue weighted by Gasteiger charge is 2.42. The monoisotopic (exact) mass is 474 g/mol. The van der Waals surface area contributed by atoms with Crippen LogP contribution < -0.4 is 15.1 Å². The molecular formula is C27H24O4P2. The highest BCUT2D eigenvalue weighted by Crippen LogP contribution is 2.60. The minimum absolute atomic E-state index is 0.108. The average molecular weight is 474 g/mol. The van der Waals surface area contributed by atoms with Gasteiger partial charge in [0.15, 0.2) is 0 Å². The van der Waals surface area contributed by atoms with Crippen LogP contribution in [-0.2, 0) is 13.7 Å². The molecule has 0 bridgehead atoms. The molecule has 166 valence electrons. The maximum absolute atomic E-state index is 14.2. The summed E-state index contributed by atoms with van der Waals surface area (Å²) in [6.07, 6.45) is 5.58. The van der Waals surface area contributed by atoms with Crippen molar-refractivity contribution in [3.63, 3.8) is 0 Å². The van der Waals surface area contributed by atoms with Crippen molar-refractivity contribution in [2.75, 3.05) is 12.3 Å². The molecule has 0 N–H and O–H groups in total. The second-order valence-corrected chi connectivity index (χ2v) is 12.9. The zero-order chi connectivity index (χ0) is 23.1. The smallest absolute Gasteiger partial charge is 0.278 e. The van der Waals surface area contributed by atoms with Gasteiger partial charge in [0.1, 0.15) is 11.5 Å². The molecule has 5 rings (SSSR count). The van der Waals surface area contributed by atoms with Gasteiger partial charge in [-0.15, -0.1) is 0 Å². The van der Waals surface area contributed by atoms with Gasteiger partial charge in [-0.1, -0.05) is 73.3 Å². The molecule has 3 aromatic carbocycles. The molecule has 2 atom stereocenters. The Morgan fingerprint density at radius 2 is 1.30 bits per heavy atom. The molecule has 2 heterocycles. The largest absolute Gasteiger partial charge is 0.439 e. The summed E-state index contributed by atoms with van der Waals surface area (Å²) < 4.78 is 40.7. The summed E-state index contributed by atoms with van der Waals surface area (Å²) in [5.41, 5.74) is 3.51. The molecule has 0 radical (unpaired) electrons. The van der Waals surface area contributed by atoms with Crippen molar-refractivity contribution in [1.29, 1.82) is 0 Å². The summed E-state index contributed by atoms with van der Waals surface area (Å²) in [4.78, 5) is 0. The van der Waals surface area contributed by atoms with Gasteiger partial charge in [-0.25, -0.2) is 0 Å². The third-order valence-corrected chi connectivity index (χ3v) is 11.2. The number of hydrogen-bond donors (Lipinski definition) is 0. The Balaban J connectivity index is 1.55. The number of rotatable bonds is 4. The molecule has 0 saturated carbocycles. The SMILES string of the molecule is C=CC=C1C(=CC)OP(=O)(CCP2(=O)Oc3ccccc3-c3ccccc32)c2ccccc21. The van der Waals surface area contributed by atoms with E-state index in [2.05, 4.69) is 6.58 Å². The van der Waals surface area contributed by atoms with Gasteiger partial charge in [-0.05, 0) is 42.3 Å². The number of allylic oxidation sites excluding steroid dienone is 4. The first-order valence-electron chi connectivity index (χ1n) is 10.8. The fourth-order valence-corrected chi connectivity index (χ4v) is 10.2. The van der Waals surface area contributed by atoms with E-state index in [0.29, 0.717) is 22.1 Å². The third-order valence-electron chi connectivity index (χ3n) is 6.00. The number of hydrogen-bond acceptors (Lipinski definition) is 4. The first kappa shape index (κ1) is 21.8. The summed E-state index contributed by atoms with van der Waals surface area (Å²) >= 11 is 0. The fourth-order valence-electron chi connectivity index (χ4n) is 4.46. The van der Waals surface area contributed by atoms with Crippen LogP contribution in [0.4, 0.5) is 0 Å². The lowest BCUT2D eigenvalue weighted by Crippen LogP contribution is -2.25. The highest BCUT2D eigenvalue weighted by molar-refractivity contribution is 7.71. The molecular weight excluding hydrogens is 450 g/mol. The minimum atomic E-state index is -3.34. The van der Waals surface area contributed by atoms with Gasteiger partial charge in [0.2, 0.25) is 0 Å². The first-order valence-corrected chi connectivity index (χ1v) is 14.5. The van der Waals surface area contributed by atoms with Crippen molar-refractivity contribution < 1.29 is 18.2 Å². The topological polar surface area (TPSA) is 52.6 Å². The molecule has 2 unspecified atom stereocenters. The molecule has 3 aromatic rings. The van der Waals surface area contributed by atoms with Crippen LogP contribution in [0.5, 0.6) is 5.75 Å². The van der Waals surface area contributed by atoms with E-state index in [-0.39, 0.29) is 12.3 Å². The highest BCUT2D eigenvalue weighted by atomic mass is 31.2. The third kappa shape index (κ3) is 3.64. The summed E-state index contributed by atoms with van der Waals surface area (Å²) in [5.74, 6) is 1.14. The van der Waals surface area contributed by atoms with E-state index in [1.807, 2.05) is 91.9 Å². The summed E-state index contributed by atoms with van der Waals surface area (Å²) in [6, 6.07) is 22.7. The Morgan fingerprint density at radius 3 is 1.97 bits per heavy atom. The molecule has 2 aliphatic heterocycles. The van der Waals surface area contributed by atoms with Gasteiger partial charge >= 0.3 is 0 Å². The predicted molar refractivity (Wildman–Crippen MR) is 136 cm³/mol. The van der Waals surface area contributed by atoms with Crippen molar-refractivity contribution in [1.82, 2.24) is 0 Å². The molecule has 0 amide bonds. The first-order chi connectivity index (χ1) is 16.0. The zero-order valence-corrected chi connectivity index (χ0v) is 20.1. The van der Waals surface area contributed by atoms with E-state index in [4.69, 9.17) is 9.05 Å². The Morgan fingerprint density at radius 1 is 0.758 bits per heavy atom. The standard InChI is InChI=1S/C27H24O4P2/c1-3-11-20-22-13-6-9-16-26(22)32(28,30-24(20)4-2)18-19-33(29)27-17-10-7-14-23(27)21-12-5-8-15-25(21)31-33/h3-17H,1,18-19H2,2H3. The number of benzene rings is 3. The van der Waals surface area contributed by atoms with E-state index in [1.54, 1.807) is 6.08 Å². The van der Waals surface area contributed by atoms with Gasteiger partial charge in [0.05, 0.1) is 10.6 Å². The van der Waals surface area contributed by atoms with Gasteiger partial charge in [0, 0.05) is 23.5 Å². The molecule has 4 nitrogen and oxygen atoms in total. The second kappa shape index (κ2) is 8.37. The van der Waals surface area contributed by atoms with Crippen molar-refractivity contribution in [3.8, 4) is 16.9 Å². The van der Waals surface area contributed by atoms with Crippen LogP contribution in [0, 0.1) is 0 Å². The van der Waals surface area contributed by atoms with Crippen molar-refractivity contribution in [2.45, 2.75) is 6.92 Å². The van der Waals surface area contributed by atoms with E-state index < -0.39 is 14.7 Å². The van der Waals surface area contributed by atoms with Crippen LogP contribution in [0.1, 0.15) is 12.5 Å². The summed E-state index contributed by atoms with van der Waals surface area (Å²) in [5, 5.41) is 1.31. The van der Waals surface area contributed by atoms with E-state index >= 15 is 0 Å². The summed E-state index contributed by atoms with van der Waals surface area (Å²) in [6.45, 7) is 5.65. The predicted octanol–water partition coefficient (Wildman–Crippen LogP) is 6.76.